The maximum Gasteiger partial charge on any atom is 0.318 e. The van der Waals surface area contributed by atoms with Crippen LogP contribution in [0.5, 0.6) is 0 Å². The molecule has 8 rings (SSSR count). The third-order valence-electron chi connectivity index (χ3n) is 6.06. The molecule has 0 N–H and O–H groups in total. The summed E-state index contributed by atoms with van der Waals surface area (Å²) in [6, 6.07) is 11.7. The van der Waals surface area contributed by atoms with E-state index in [9.17, 15) is 40.5 Å². The van der Waals surface area contributed by atoms with Crippen LogP contribution < -0.4 is 0 Å². The lowest BCUT2D eigenvalue weighted by Crippen LogP contribution is -1.94. The average molecular weight is 576 g/mol. The molecule has 0 aliphatic carbocycles. The van der Waals surface area contributed by atoms with Crippen LogP contribution in [0.4, 0.5) is 22.7 Å². The minimum atomic E-state index is -0.842. The van der Waals surface area contributed by atoms with Crippen LogP contribution in [-0.2, 0) is 0 Å². The van der Waals surface area contributed by atoms with Gasteiger partial charge in [0.05, 0.1) is 19.7 Å². The number of benzene rings is 4. The predicted molar refractivity (Wildman–Crippen MR) is 146 cm³/mol. The van der Waals surface area contributed by atoms with Gasteiger partial charge in [-0.2, -0.15) is 0 Å². The molecule has 0 fully saturated rings. The molecule has 16 heteroatoms. The molecule has 4 heterocycles. The minimum Gasteiger partial charge on any atom is -0.450 e. The number of aryl methyl sites for hydroxylation is 2. The summed E-state index contributed by atoms with van der Waals surface area (Å²) in [5.41, 5.74) is -3.20. The van der Waals surface area contributed by atoms with Gasteiger partial charge in [0, 0.05) is 12.1 Å². The van der Waals surface area contributed by atoms with E-state index < -0.39 is 42.4 Å². The summed E-state index contributed by atoms with van der Waals surface area (Å²) in [4.78, 5) is 43.7. The topological polar surface area (TPSA) is 225 Å². The first-order valence-electron chi connectivity index (χ1n) is 11.8. The van der Waals surface area contributed by atoms with Crippen LogP contribution in [-0.4, -0.2) is 19.7 Å². The molecule has 0 aliphatic heterocycles. The van der Waals surface area contributed by atoms with Crippen LogP contribution in [0.1, 0.15) is 11.1 Å². The third kappa shape index (κ3) is 5.14. The fourth-order valence-corrected chi connectivity index (χ4v) is 4.07. The van der Waals surface area contributed by atoms with Gasteiger partial charge in [-0.05, 0) is 61.4 Å². The van der Waals surface area contributed by atoms with Crippen molar-refractivity contribution < 1.29 is 37.4 Å². The van der Waals surface area contributed by atoms with E-state index in [0.29, 0.717) is 23.3 Å². The lowest BCUT2D eigenvalue weighted by atomic mass is 10.2. The summed E-state index contributed by atoms with van der Waals surface area (Å²) in [7, 11) is 0. The molecular formula is C26H16N4O12. The third-order valence-corrected chi connectivity index (χ3v) is 6.06. The smallest absolute Gasteiger partial charge is 0.318 e. The zero-order chi connectivity index (χ0) is 30.3. The summed E-state index contributed by atoms with van der Waals surface area (Å²) in [5.74, 6) is 0. The van der Waals surface area contributed by atoms with Crippen molar-refractivity contribution >= 4 is 67.4 Å². The Hall–Kier alpha value is -6.32. The summed E-state index contributed by atoms with van der Waals surface area (Å²) in [5, 5.41) is 47.1. The SMILES string of the molecule is Cc1cc2ccc1oc1cc(oc3ccc(oc4cc(o2)c([N+](=O)[O-])cc4[N+](=O)[O-])c(C)c3)c([N+](=O)[O-])cc1[N+](=O)[O-]. The number of non-ortho nitro benzene ring substituents is 4. The molecule has 8 aromatic rings. The van der Waals surface area contributed by atoms with E-state index in [1.54, 1.807) is 13.8 Å². The number of rotatable bonds is 4. The van der Waals surface area contributed by atoms with Gasteiger partial charge in [-0.25, -0.2) is 0 Å². The van der Waals surface area contributed by atoms with Crippen LogP contribution in [0.2, 0.25) is 0 Å². The fraction of sp³-hybridized carbons (Fsp3) is 0.0769. The first kappa shape index (κ1) is 27.3. The molecule has 0 atom stereocenters. The van der Waals surface area contributed by atoms with Crippen LogP contribution >= 0.6 is 0 Å². The first-order valence-corrected chi connectivity index (χ1v) is 11.8. The van der Waals surface area contributed by atoms with Gasteiger partial charge in [-0.3, -0.25) is 40.5 Å². The van der Waals surface area contributed by atoms with Crippen molar-refractivity contribution in [2.75, 3.05) is 0 Å². The lowest BCUT2D eigenvalue weighted by molar-refractivity contribution is -0.393. The van der Waals surface area contributed by atoms with E-state index in [1.165, 1.54) is 36.4 Å². The van der Waals surface area contributed by atoms with Crippen LogP contribution in [0.25, 0.3) is 44.7 Å². The van der Waals surface area contributed by atoms with Crippen molar-refractivity contribution in [3.63, 3.8) is 0 Å². The predicted octanol–water partition coefficient (Wildman–Crippen LogP) is 7.73. The highest BCUT2D eigenvalue weighted by Gasteiger charge is 2.24. The van der Waals surface area contributed by atoms with E-state index in [2.05, 4.69) is 0 Å². The Balaban J connectivity index is 2.04. The maximum absolute atomic E-state index is 11.8. The van der Waals surface area contributed by atoms with E-state index in [1.807, 2.05) is 0 Å². The molecule has 0 saturated carbocycles. The quantitative estimate of drug-likeness (QED) is 0.148. The van der Waals surface area contributed by atoms with E-state index in [4.69, 9.17) is 17.7 Å². The molecular weight excluding hydrogens is 560 g/mol. The van der Waals surface area contributed by atoms with Crippen molar-refractivity contribution in [1.29, 1.82) is 0 Å². The summed E-state index contributed by atoms with van der Waals surface area (Å²) in [6.45, 7) is 3.11. The van der Waals surface area contributed by atoms with Gasteiger partial charge in [0.25, 0.3) is 0 Å². The monoisotopic (exact) mass is 576 g/mol. The molecule has 0 amide bonds. The van der Waals surface area contributed by atoms with Crippen LogP contribution in [0.3, 0.4) is 0 Å². The van der Waals surface area contributed by atoms with Crippen LogP contribution in [0.15, 0.2) is 78.3 Å². The molecule has 8 bridgehead atoms. The van der Waals surface area contributed by atoms with Gasteiger partial charge in [0.2, 0.25) is 22.3 Å². The van der Waals surface area contributed by atoms with Crippen molar-refractivity contribution in [3.05, 3.63) is 112 Å². The highest BCUT2D eigenvalue weighted by molar-refractivity contribution is 5.80. The number of nitrogens with zero attached hydrogens (tertiary/aromatic N) is 4. The standard InChI is InChI=1S/C26H16N4O12/c1-13-7-15-3-5-21(13)41-25-11-24(18(28(33)34)9-19(25)29(35)36)40-16-4-6-22(14(2)8-16)42-26-12-23(39-15)17(27(31)32)10-20(26)30(37)38/h3-12H,1-2H3. The number of nitro groups is 4. The largest absolute Gasteiger partial charge is 0.450 e. The molecule has 0 aliphatic rings. The van der Waals surface area contributed by atoms with Gasteiger partial charge in [0.1, 0.15) is 34.5 Å². The Morgan fingerprint density at radius 1 is 0.429 bits per heavy atom. The summed E-state index contributed by atoms with van der Waals surface area (Å²) >= 11 is 0. The Kier molecular flexibility index (Phi) is 6.71. The molecule has 0 spiro atoms. The average Bonchev–Trinajstić information content (AvgIpc) is 2.90. The fourth-order valence-electron chi connectivity index (χ4n) is 4.07. The van der Waals surface area contributed by atoms with E-state index in [0.717, 1.165) is 12.1 Å². The van der Waals surface area contributed by atoms with Crippen molar-refractivity contribution in [1.82, 2.24) is 0 Å². The zero-order valence-electron chi connectivity index (χ0n) is 21.5. The molecule has 0 saturated heterocycles. The van der Waals surface area contributed by atoms with Gasteiger partial charge >= 0.3 is 22.7 Å². The molecule has 212 valence electrons. The van der Waals surface area contributed by atoms with Crippen molar-refractivity contribution in [3.8, 4) is 0 Å². The van der Waals surface area contributed by atoms with E-state index >= 15 is 0 Å². The van der Waals surface area contributed by atoms with Gasteiger partial charge in [-0.15, -0.1) is 0 Å². The second kappa shape index (κ2) is 10.3. The molecule has 42 heavy (non-hydrogen) atoms. The molecule has 4 aromatic heterocycles. The van der Waals surface area contributed by atoms with Gasteiger partial charge in [0.15, 0.2) is 0 Å². The van der Waals surface area contributed by atoms with Crippen molar-refractivity contribution in [2.24, 2.45) is 0 Å². The van der Waals surface area contributed by atoms with Crippen molar-refractivity contribution in [2.45, 2.75) is 13.8 Å². The van der Waals surface area contributed by atoms with E-state index in [-0.39, 0.29) is 44.7 Å². The molecule has 0 radical (unpaired) electrons. The highest BCUT2D eigenvalue weighted by atomic mass is 16.6. The molecule has 4 aromatic carbocycles. The Labute approximate surface area is 231 Å². The number of hydrogen-bond acceptors (Lipinski definition) is 12. The second-order valence-electron chi connectivity index (χ2n) is 8.87. The lowest BCUT2D eigenvalue weighted by Gasteiger charge is -2.02. The number of hydrogen-bond donors (Lipinski definition) is 0. The Morgan fingerprint density at radius 3 is 1.02 bits per heavy atom. The Morgan fingerprint density at radius 2 is 0.738 bits per heavy atom. The zero-order valence-corrected chi connectivity index (χ0v) is 21.5. The highest BCUT2D eigenvalue weighted by Crippen LogP contribution is 2.34. The van der Waals surface area contributed by atoms with Crippen LogP contribution in [0, 0.1) is 54.3 Å². The van der Waals surface area contributed by atoms with Gasteiger partial charge in [-0.1, -0.05) is 0 Å². The summed E-state index contributed by atoms with van der Waals surface area (Å²) < 4.78 is 23.0. The second-order valence-corrected chi connectivity index (χ2v) is 8.87. The maximum atomic E-state index is 11.8. The Bertz CT molecular complexity index is 2000. The first-order chi connectivity index (χ1) is 19.9. The molecule has 0 unspecified atom stereocenters. The number of nitro benzene ring substituents is 4. The normalized spacial score (nSPS) is 10.9. The summed E-state index contributed by atoms with van der Waals surface area (Å²) in [6.07, 6.45) is 0. The van der Waals surface area contributed by atoms with Gasteiger partial charge < -0.3 is 17.7 Å². The minimum absolute atomic E-state index is 0.0617. The molecule has 16 nitrogen and oxygen atoms in total.